The van der Waals surface area contributed by atoms with Crippen LogP contribution in [0.25, 0.3) is 0 Å². The summed E-state index contributed by atoms with van der Waals surface area (Å²) in [6, 6.07) is 0. The van der Waals surface area contributed by atoms with Crippen LogP contribution in [0.1, 0.15) is 13.3 Å². The Morgan fingerprint density at radius 3 is 2.82 bits per heavy atom. The number of nitrogens with one attached hydrogen (secondary N) is 1. The molecule has 4 heteroatoms. The molecule has 1 unspecified atom stereocenters. The first-order chi connectivity index (χ1) is 5.12. The number of alkyl halides is 2. The Morgan fingerprint density at radius 1 is 1.64 bits per heavy atom. The molecule has 0 radical (unpaired) electrons. The van der Waals surface area contributed by atoms with E-state index in [0.717, 1.165) is 6.42 Å². The molecule has 1 saturated heterocycles. The van der Waals surface area contributed by atoms with Gasteiger partial charge in [0, 0.05) is 12.1 Å². The van der Waals surface area contributed by atoms with Gasteiger partial charge in [-0.2, -0.15) is 0 Å². The minimum atomic E-state index is -2.27. The molecule has 0 aromatic carbocycles. The van der Waals surface area contributed by atoms with Crippen molar-refractivity contribution in [1.82, 2.24) is 5.32 Å². The predicted octanol–water partition coefficient (Wildman–Crippen LogP) is 1.02. The molecule has 0 spiro atoms. The Labute approximate surface area is 64.9 Å². The van der Waals surface area contributed by atoms with Crippen molar-refractivity contribution in [1.29, 1.82) is 0 Å². The van der Waals surface area contributed by atoms with Crippen LogP contribution in [-0.2, 0) is 4.74 Å². The first-order valence-electron chi connectivity index (χ1n) is 3.73. The molecule has 0 aliphatic carbocycles. The zero-order valence-corrected chi connectivity index (χ0v) is 6.57. The number of hydrogen-bond donors (Lipinski definition) is 1. The van der Waals surface area contributed by atoms with Gasteiger partial charge in [-0.05, 0) is 13.3 Å². The lowest BCUT2D eigenvalue weighted by molar-refractivity contribution is 0.122. The van der Waals surface area contributed by atoms with Gasteiger partial charge < -0.3 is 10.1 Å². The van der Waals surface area contributed by atoms with Crippen LogP contribution >= 0.6 is 0 Å². The highest BCUT2D eigenvalue weighted by molar-refractivity contribution is 4.86. The van der Waals surface area contributed by atoms with E-state index in [4.69, 9.17) is 4.74 Å². The lowest BCUT2D eigenvalue weighted by Gasteiger charge is -2.23. The molecular formula is C7H13F2NO. The molecule has 0 aromatic rings. The van der Waals surface area contributed by atoms with Crippen LogP contribution in [0.5, 0.6) is 0 Å². The molecule has 1 rings (SSSR count). The summed E-state index contributed by atoms with van der Waals surface area (Å²) < 4.78 is 28.6. The van der Waals surface area contributed by atoms with E-state index in [2.05, 4.69) is 5.32 Å². The van der Waals surface area contributed by atoms with Crippen molar-refractivity contribution < 1.29 is 13.5 Å². The summed E-state index contributed by atoms with van der Waals surface area (Å²) in [6.07, 6.45) is -1.45. The molecule has 1 N–H and O–H groups in total. The Morgan fingerprint density at radius 2 is 2.36 bits per heavy atom. The molecule has 0 aromatic heterocycles. The maximum absolute atomic E-state index is 11.8. The molecule has 0 saturated carbocycles. The van der Waals surface area contributed by atoms with Crippen molar-refractivity contribution >= 4 is 0 Å². The lowest BCUT2D eigenvalue weighted by Crippen LogP contribution is -2.44. The molecule has 1 aliphatic heterocycles. The van der Waals surface area contributed by atoms with E-state index in [1.54, 1.807) is 0 Å². The normalized spacial score (nSPS) is 31.6. The molecule has 66 valence electrons. The molecule has 1 fully saturated rings. The minimum absolute atomic E-state index is 0.226. The van der Waals surface area contributed by atoms with Gasteiger partial charge in [-0.1, -0.05) is 0 Å². The Bertz CT molecular complexity index is 124. The van der Waals surface area contributed by atoms with Gasteiger partial charge >= 0.3 is 0 Å². The van der Waals surface area contributed by atoms with Crippen LogP contribution in [0.15, 0.2) is 0 Å². The Balaban J connectivity index is 2.23. The highest BCUT2D eigenvalue weighted by Crippen LogP contribution is 2.17. The molecular weight excluding hydrogens is 152 g/mol. The van der Waals surface area contributed by atoms with Gasteiger partial charge in [-0.3, -0.25) is 0 Å². The van der Waals surface area contributed by atoms with Gasteiger partial charge in [0.15, 0.2) is 0 Å². The van der Waals surface area contributed by atoms with Gasteiger partial charge in [0.05, 0.1) is 13.2 Å². The maximum Gasteiger partial charge on any atom is 0.250 e. The molecule has 11 heavy (non-hydrogen) atoms. The van der Waals surface area contributed by atoms with E-state index in [-0.39, 0.29) is 12.1 Å². The van der Waals surface area contributed by atoms with Crippen molar-refractivity contribution in [3.05, 3.63) is 0 Å². The second kappa shape index (κ2) is 3.45. The quantitative estimate of drug-likeness (QED) is 0.674. The summed E-state index contributed by atoms with van der Waals surface area (Å²) in [5.41, 5.74) is -0.226. The SMILES string of the molecule is CC1(NCC(F)F)CCOC1. The smallest absolute Gasteiger partial charge is 0.250 e. The van der Waals surface area contributed by atoms with E-state index in [1.807, 2.05) is 6.92 Å². The van der Waals surface area contributed by atoms with Gasteiger partial charge in [-0.15, -0.1) is 0 Å². The summed E-state index contributed by atoms with van der Waals surface area (Å²) >= 11 is 0. The number of hydrogen-bond acceptors (Lipinski definition) is 2. The molecule has 1 heterocycles. The van der Waals surface area contributed by atoms with E-state index >= 15 is 0 Å². The molecule has 0 bridgehead atoms. The van der Waals surface area contributed by atoms with Gasteiger partial charge in [0.1, 0.15) is 0 Å². The largest absolute Gasteiger partial charge is 0.379 e. The zero-order valence-electron chi connectivity index (χ0n) is 6.57. The number of rotatable bonds is 3. The average Bonchev–Trinajstić information content (AvgIpc) is 2.33. The van der Waals surface area contributed by atoms with E-state index in [0.29, 0.717) is 13.2 Å². The van der Waals surface area contributed by atoms with Crippen LogP contribution in [-0.4, -0.2) is 31.7 Å². The van der Waals surface area contributed by atoms with Crippen LogP contribution in [0.4, 0.5) is 8.78 Å². The van der Waals surface area contributed by atoms with Gasteiger partial charge in [0.25, 0.3) is 6.43 Å². The minimum Gasteiger partial charge on any atom is -0.379 e. The summed E-state index contributed by atoms with van der Waals surface area (Å²) in [4.78, 5) is 0. The van der Waals surface area contributed by atoms with Crippen molar-refractivity contribution in [2.75, 3.05) is 19.8 Å². The summed E-state index contributed by atoms with van der Waals surface area (Å²) in [5.74, 6) is 0. The van der Waals surface area contributed by atoms with Crippen LogP contribution < -0.4 is 5.32 Å². The highest BCUT2D eigenvalue weighted by atomic mass is 19.3. The fraction of sp³-hybridized carbons (Fsp3) is 1.00. The third-order valence-corrected chi connectivity index (χ3v) is 1.90. The van der Waals surface area contributed by atoms with Crippen molar-refractivity contribution in [2.24, 2.45) is 0 Å². The Hall–Kier alpha value is -0.220. The van der Waals surface area contributed by atoms with E-state index in [1.165, 1.54) is 0 Å². The first kappa shape index (κ1) is 8.87. The Kier molecular flexibility index (Phi) is 2.78. The monoisotopic (exact) mass is 165 g/mol. The van der Waals surface area contributed by atoms with Crippen LogP contribution in [0, 0.1) is 0 Å². The van der Waals surface area contributed by atoms with Crippen molar-refractivity contribution in [3.8, 4) is 0 Å². The number of ether oxygens (including phenoxy) is 1. The zero-order chi connectivity index (χ0) is 8.32. The molecule has 1 atom stereocenters. The van der Waals surface area contributed by atoms with Crippen LogP contribution in [0.2, 0.25) is 0 Å². The number of halogens is 2. The maximum atomic E-state index is 11.8. The molecule has 1 aliphatic rings. The van der Waals surface area contributed by atoms with Gasteiger partial charge in [-0.25, -0.2) is 8.78 Å². The fourth-order valence-electron chi connectivity index (χ4n) is 1.13. The molecule has 2 nitrogen and oxygen atoms in total. The molecule has 0 amide bonds. The van der Waals surface area contributed by atoms with Crippen LogP contribution in [0.3, 0.4) is 0 Å². The highest BCUT2D eigenvalue weighted by Gasteiger charge is 2.29. The van der Waals surface area contributed by atoms with E-state index in [9.17, 15) is 8.78 Å². The predicted molar refractivity (Wildman–Crippen MR) is 37.8 cm³/mol. The standard InChI is InChI=1S/C7H13F2NO/c1-7(2-3-11-5-7)10-4-6(8)9/h6,10H,2-5H2,1H3. The summed E-state index contributed by atoms with van der Waals surface area (Å²) in [6.45, 7) is 2.88. The summed E-state index contributed by atoms with van der Waals surface area (Å²) in [7, 11) is 0. The van der Waals surface area contributed by atoms with Gasteiger partial charge in [0.2, 0.25) is 0 Å². The second-order valence-electron chi connectivity index (χ2n) is 3.14. The third kappa shape index (κ3) is 2.71. The fourth-order valence-corrected chi connectivity index (χ4v) is 1.13. The van der Waals surface area contributed by atoms with Crippen molar-refractivity contribution in [3.63, 3.8) is 0 Å². The topological polar surface area (TPSA) is 21.3 Å². The lowest BCUT2D eigenvalue weighted by atomic mass is 10.0. The summed E-state index contributed by atoms with van der Waals surface area (Å²) in [5, 5.41) is 2.78. The third-order valence-electron chi connectivity index (χ3n) is 1.90. The second-order valence-corrected chi connectivity index (χ2v) is 3.14. The van der Waals surface area contributed by atoms with E-state index < -0.39 is 6.43 Å². The first-order valence-corrected chi connectivity index (χ1v) is 3.73. The van der Waals surface area contributed by atoms with Crippen molar-refractivity contribution in [2.45, 2.75) is 25.3 Å². The average molecular weight is 165 g/mol.